The van der Waals surface area contributed by atoms with E-state index in [2.05, 4.69) is 43.4 Å². The highest BCUT2D eigenvalue weighted by molar-refractivity contribution is 5.14. The van der Waals surface area contributed by atoms with Crippen LogP contribution in [0.3, 0.4) is 0 Å². The zero-order valence-electron chi connectivity index (χ0n) is 13.2. The van der Waals surface area contributed by atoms with Crippen molar-refractivity contribution >= 4 is 0 Å². The van der Waals surface area contributed by atoms with Crippen LogP contribution < -0.4 is 5.32 Å². The lowest BCUT2D eigenvalue weighted by Crippen LogP contribution is -2.33. The molecule has 0 atom stereocenters. The lowest BCUT2D eigenvalue weighted by molar-refractivity contribution is 0.0439. The van der Waals surface area contributed by atoms with E-state index in [-0.39, 0.29) is 5.41 Å². The molecule has 114 valence electrons. The number of hydrogen-bond donors (Lipinski definition) is 1. The molecule has 0 aromatic heterocycles. The molecule has 1 aromatic carbocycles. The van der Waals surface area contributed by atoms with E-state index >= 15 is 0 Å². The minimum atomic E-state index is 0.153. The van der Waals surface area contributed by atoms with Gasteiger partial charge < -0.3 is 14.8 Å². The Labute approximate surface area is 123 Å². The van der Waals surface area contributed by atoms with E-state index in [1.807, 2.05) is 13.0 Å². The summed E-state index contributed by atoms with van der Waals surface area (Å²) in [5, 5.41) is 3.50. The van der Waals surface area contributed by atoms with Crippen LogP contribution in [0.15, 0.2) is 30.3 Å². The van der Waals surface area contributed by atoms with Crippen molar-refractivity contribution in [3.05, 3.63) is 35.9 Å². The van der Waals surface area contributed by atoms with E-state index in [1.54, 1.807) is 0 Å². The van der Waals surface area contributed by atoms with Gasteiger partial charge in [0.2, 0.25) is 0 Å². The fourth-order valence-corrected chi connectivity index (χ4v) is 1.95. The van der Waals surface area contributed by atoms with E-state index in [4.69, 9.17) is 9.47 Å². The summed E-state index contributed by atoms with van der Waals surface area (Å²) < 4.78 is 11.0. The average molecular weight is 279 g/mol. The van der Waals surface area contributed by atoms with E-state index in [1.165, 1.54) is 5.56 Å². The second kappa shape index (κ2) is 9.92. The number of ether oxygens (including phenoxy) is 2. The molecule has 1 aromatic rings. The second-order valence-electron chi connectivity index (χ2n) is 5.86. The summed E-state index contributed by atoms with van der Waals surface area (Å²) in [6, 6.07) is 10.5. The van der Waals surface area contributed by atoms with Gasteiger partial charge >= 0.3 is 0 Å². The van der Waals surface area contributed by atoms with Crippen molar-refractivity contribution in [3.8, 4) is 0 Å². The Morgan fingerprint density at radius 2 is 1.75 bits per heavy atom. The SMILES string of the molecule is CCOCCCOCC(C)(C)CNCc1ccccc1. The van der Waals surface area contributed by atoms with Gasteiger partial charge in [-0.3, -0.25) is 0 Å². The van der Waals surface area contributed by atoms with Gasteiger partial charge in [0.05, 0.1) is 6.61 Å². The lowest BCUT2D eigenvalue weighted by Gasteiger charge is -2.25. The van der Waals surface area contributed by atoms with Gasteiger partial charge in [-0.05, 0) is 18.9 Å². The Balaban J connectivity index is 2.08. The molecule has 0 saturated heterocycles. The van der Waals surface area contributed by atoms with Gasteiger partial charge in [-0.2, -0.15) is 0 Å². The molecule has 0 heterocycles. The van der Waals surface area contributed by atoms with Crippen LogP contribution in [-0.2, 0) is 16.0 Å². The van der Waals surface area contributed by atoms with Gasteiger partial charge in [-0.15, -0.1) is 0 Å². The summed E-state index contributed by atoms with van der Waals surface area (Å²) in [7, 11) is 0. The quantitative estimate of drug-likeness (QED) is 0.631. The summed E-state index contributed by atoms with van der Waals surface area (Å²) in [6.07, 6.45) is 0.974. The zero-order chi connectivity index (χ0) is 14.7. The van der Waals surface area contributed by atoms with Crippen LogP contribution in [0.1, 0.15) is 32.8 Å². The predicted molar refractivity (Wildman–Crippen MR) is 83.9 cm³/mol. The highest BCUT2D eigenvalue weighted by Crippen LogP contribution is 2.14. The molecule has 0 unspecified atom stereocenters. The molecule has 0 saturated carbocycles. The predicted octanol–water partition coefficient (Wildman–Crippen LogP) is 3.25. The number of nitrogens with one attached hydrogen (secondary N) is 1. The van der Waals surface area contributed by atoms with Gasteiger partial charge in [0.25, 0.3) is 0 Å². The van der Waals surface area contributed by atoms with Crippen LogP contribution in [0.25, 0.3) is 0 Å². The van der Waals surface area contributed by atoms with Crippen molar-refractivity contribution in [2.75, 3.05) is 33.0 Å². The van der Waals surface area contributed by atoms with Crippen LogP contribution in [-0.4, -0.2) is 33.0 Å². The van der Waals surface area contributed by atoms with Gasteiger partial charge in [-0.1, -0.05) is 44.2 Å². The first-order valence-electron chi connectivity index (χ1n) is 7.54. The molecule has 1 N–H and O–H groups in total. The Hall–Kier alpha value is -0.900. The Kier molecular flexibility index (Phi) is 8.51. The third-order valence-electron chi connectivity index (χ3n) is 3.05. The minimum absolute atomic E-state index is 0.153. The minimum Gasteiger partial charge on any atom is -0.382 e. The second-order valence-corrected chi connectivity index (χ2v) is 5.86. The fraction of sp³-hybridized carbons (Fsp3) is 0.647. The maximum Gasteiger partial charge on any atom is 0.0529 e. The van der Waals surface area contributed by atoms with Crippen molar-refractivity contribution in [2.45, 2.75) is 33.7 Å². The van der Waals surface area contributed by atoms with Crippen LogP contribution >= 0.6 is 0 Å². The molecule has 0 fully saturated rings. The largest absolute Gasteiger partial charge is 0.382 e. The Bertz CT molecular complexity index is 338. The summed E-state index contributed by atoms with van der Waals surface area (Å²) in [4.78, 5) is 0. The number of rotatable bonds is 11. The van der Waals surface area contributed by atoms with Crippen molar-refractivity contribution in [3.63, 3.8) is 0 Å². The number of hydrogen-bond acceptors (Lipinski definition) is 3. The first kappa shape index (κ1) is 17.2. The standard InChI is InChI=1S/C17H29NO2/c1-4-19-11-8-12-20-15-17(2,3)14-18-13-16-9-6-5-7-10-16/h5-7,9-10,18H,4,8,11-15H2,1-3H3. The van der Waals surface area contributed by atoms with Crippen LogP contribution in [0.2, 0.25) is 0 Å². The maximum absolute atomic E-state index is 5.73. The highest BCUT2D eigenvalue weighted by atomic mass is 16.5. The molecule has 0 radical (unpaired) electrons. The van der Waals surface area contributed by atoms with Crippen LogP contribution in [0.5, 0.6) is 0 Å². The maximum atomic E-state index is 5.73. The van der Waals surface area contributed by atoms with Crippen molar-refractivity contribution in [2.24, 2.45) is 5.41 Å². The van der Waals surface area contributed by atoms with Gasteiger partial charge in [0.1, 0.15) is 0 Å². The van der Waals surface area contributed by atoms with E-state index < -0.39 is 0 Å². The van der Waals surface area contributed by atoms with E-state index in [0.717, 1.165) is 45.9 Å². The Morgan fingerprint density at radius 3 is 2.45 bits per heavy atom. The molecule has 0 aliphatic carbocycles. The summed E-state index contributed by atoms with van der Waals surface area (Å²) >= 11 is 0. The van der Waals surface area contributed by atoms with Gasteiger partial charge in [-0.25, -0.2) is 0 Å². The third-order valence-corrected chi connectivity index (χ3v) is 3.05. The molecule has 1 rings (SSSR count). The fourth-order valence-electron chi connectivity index (χ4n) is 1.95. The van der Waals surface area contributed by atoms with Gasteiger partial charge in [0.15, 0.2) is 0 Å². The zero-order valence-corrected chi connectivity index (χ0v) is 13.2. The molecule has 0 amide bonds. The summed E-state index contributed by atoms with van der Waals surface area (Å²) in [5.41, 5.74) is 1.47. The smallest absolute Gasteiger partial charge is 0.0529 e. The molecule has 3 heteroatoms. The topological polar surface area (TPSA) is 30.5 Å². The van der Waals surface area contributed by atoms with Crippen molar-refractivity contribution < 1.29 is 9.47 Å². The molecule has 3 nitrogen and oxygen atoms in total. The van der Waals surface area contributed by atoms with Gasteiger partial charge in [0, 0.05) is 38.3 Å². The van der Waals surface area contributed by atoms with Crippen LogP contribution in [0, 0.1) is 5.41 Å². The molecule has 0 aliphatic rings. The molecular formula is C17H29NO2. The Morgan fingerprint density at radius 1 is 1.05 bits per heavy atom. The van der Waals surface area contributed by atoms with Crippen molar-refractivity contribution in [1.29, 1.82) is 0 Å². The lowest BCUT2D eigenvalue weighted by atomic mass is 9.95. The molecule has 0 aliphatic heterocycles. The van der Waals surface area contributed by atoms with E-state index in [9.17, 15) is 0 Å². The normalized spacial score (nSPS) is 11.8. The highest BCUT2D eigenvalue weighted by Gasteiger charge is 2.17. The third kappa shape index (κ3) is 8.31. The van der Waals surface area contributed by atoms with Crippen molar-refractivity contribution in [1.82, 2.24) is 5.32 Å². The molecule has 20 heavy (non-hydrogen) atoms. The first-order chi connectivity index (χ1) is 9.64. The van der Waals surface area contributed by atoms with E-state index in [0.29, 0.717) is 0 Å². The number of benzene rings is 1. The van der Waals surface area contributed by atoms with Crippen LogP contribution in [0.4, 0.5) is 0 Å². The average Bonchev–Trinajstić information content (AvgIpc) is 2.44. The molecular weight excluding hydrogens is 250 g/mol. The summed E-state index contributed by atoms with van der Waals surface area (Å²) in [5.74, 6) is 0. The molecule has 0 spiro atoms. The summed E-state index contributed by atoms with van der Waals surface area (Å²) in [6.45, 7) is 11.5. The first-order valence-corrected chi connectivity index (χ1v) is 7.54. The molecule has 0 bridgehead atoms. The monoisotopic (exact) mass is 279 g/mol.